The molecule has 0 atom stereocenters. The van der Waals surface area contributed by atoms with Gasteiger partial charge in [-0.1, -0.05) is 84.9 Å². The van der Waals surface area contributed by atoms with E-state index in [2.05, 4.69) is 41.7 Å². The van der Waals surface area contributed by atoms with Gasteiger partial charge in [0.05, 0.1) is 42.7 Å². The molecule has 15 nitrogen and oxygen atoms in total. The number of isocyanates is 1. The molecule has 9 rings (SSSR count). The summed E-state index contributed by atoms with van der Waals surface area (Å²) in [6.07, 6.45) is 14.6. The second-order valence-electron chi connectivity index (χ2n) is 16.8. The molecular formula is C50H48ClN7O8S3. The van der Waals surface area contributed by atoms with Crippen LogP contribution in [0.3, 0.4) is 0 Å². The molecule has 0 fully saturated rings. The quantitative estimate of drug-likeness (QED) is 0.0558. The van der Waals surface area contributed by atoms with Crippen molar-refractivity contribution in [3.8, 4) is 0 Å². The third-order valence-corrected chi connectivity index (χ3v) is 14.8. The summed E-state index contributed by atoms with van der Waals surface area (Å²) in [5.41, 5.74) is 15.2. The number of rotatable bonds is 9. The van der Waals surface area contributed by atoms with E-state index >= 15 is 0 Å². The summed E-state index contributed by atoms with van der Waals surface area (Å²) in [6, 6.07) is 22.7. The molecule has 69 heavy (non-hydrogen) atoms. The number of sulfonamides is 2. The minimum atomic E-state index is -3.84. The van der Waals surface area contributed by atoms with Gasteiger partial charge in [-0.15, -0.1) is 0 Å². The zero-order chi connectivity index (χ0) is 49.8. The van der Waals surface area contributed by atoms with Gasteiger partial charge in [-0.3, -0.25) is 0 Å². The zero-order valence-corrected chi connectivity index (χ0v) is 40.6. The van der Waals surface area contributed by atoms with Crippen LogP contribution in [0.4, 0.5) is 33.2 Å². The van der Waals surface area contributed by atoms with E-state index in [0.717, 1.165) is 86.7 Å². The van der Waals surface area contributed by atoms with Gasteiger partial charge in [-0.05, 0) is 138 Å². The number of primary sulfonamides is 1. The lowest BCUT2D eigenvalue weighted by Gasteiger charge is -2.16. The number of carbonyl (C=O) groups excluding carboxylic acids is 2. The Balaban J connectivity index is 0.000000162. The van der Waals surface area contributed by atoms with E-state index in [9.17, 15) is 34.8 Å². The van der Waals surface area contributed by atoms with E-state index in [1.807, 2.05) is 0 Å². The van der Waals surface area contributed by atoms with Crippen molar-refractivity contribution in [1.82, 2.24) is 4.72 Å². The van der Waals surface area contributed by atoms with E-state index in [-0.39, 0.29) is 17.3 Å². The lowest BCUT2D eigenvalue weighted by Crippen LogP contribution is -2.35. The molecule has 4 aliphatic rings. The van der Waals surface area contributed by atoms with Gasteiger partial charge in [0.15, 0.2) is 17.1 Å². The van der Waals surface area contributed by atoms with E-state index in [4.69, 9.17) is 35.5 Å². The number of nitrogens with one attached hydrogen (secondary N) is 2. The predicted octanol–water partition coefficient (Wildman–Crippen LogP) is 9.83. The fourth-order valence-corrected chi connectivity index (χ4v) is 11.6. The van der Waals surface area contributed by atoms with Crippen LogP contribution in [0.2, 0.25) is 0 Å². The normalized spacial score (nSPS) is 13.8. The second kappa shape index (κ2) is 23.1. The number of hydrogen-bond donors (Lipinski definition) is 3. The molecule has 0 aromatic heterocycles. The largest absolute Gasteiger partial charge is 0.332 e. The SMILES string of the molecule is O=C=Nc1c2c(cc3c1CCC3)CCC2.[C-]#[N+]c1ccc(CS(=O)(=O)Cl)cc1.[C-]#[N+]c1ccc(CS(=O)(=O)NC(=O)Nc2c3c(cc4c2CCC4)CCC3)cc1.[C-]#[N+]c1ccc(CS(N)(=O)=O)cc1. The molecule has 0 unspecified atom stereocenters. The first-order valence-electron chi connectivity index (χ1n) is 21.9. The Kier molecular flexibility index (Phi) is 17.3. The Hall–Kier alpha value is -6.68. The first-order valence-corrected chi connectivity index (χ1v) is 27.8. The third kappa shape index (κ3) is 14.9. The lowest BCUT2D eigenvalue weighted by atomic mass is 9.99. The molecule has 0 spiro atoms. The van der Waals surface area contributed by atoms with Gasteiger partial charge in [-0.2, -0.15) is 4.99 Å². The third-order valence-electron chi connectivity index (χ3n) is 11.8. The van der Waals surface area contributed by atoms with Gasteiger partial charge in [0, 0.05) is 16.4 Å². The maximum atomic E-state index is 12.5. The van der Waals surface area contributed by atoms with Gasteiger partial charge in [0.1, 0.15) is 0 Å². The van der Waals surface area contributed by atoms with E-state index < -0.39 is 35.1 Å². The Labute approximate surface area is 407 Å². The average molecular weight is 1010 g/mol. The number of halogens is 1. The molecule has 2 amide bonds. The highest BCUT2D eigenvalue weighted by Gasteiger charge is 2.27. The second-order valence-corrected chi connectivity index (χ2v) is 22.9. The molecule has 5 aromatic rings. The maximum absolute atomic E-state index is 12.5. The van der Waals surface area contributed by atoms with Gasteiger partial charge < -0.3 is 5.32 Å². The lowest BCUT2D eigenvalue weighted by molar-refractivity contribution is 0.256. The molecule has 0 heterocycles. The van der Waals surface area contributed by atoms with Crippen LogP contribution < -0.4 is 15.2 Å². The maximum Gasteiger partial charge on any atom is 0.332 e. The highest BCUT2D eigenvalue weighted by molar-refractivity contribution is 8.13. The van der Waals surface area contributed by atoms with Crippen molar-refractivity contribution >= 4 is 80.3 Å². The highest BCUT2D eigenvalue weighted by Crippen LogP contribution is 2.40. The molecule has 4 N–H and O–H groups in total. The van der Waals surface area contributed by atoms with Crippen molar-refractivity contribution in [3.63, 3.8) is 0 Å². The summed E-state index contributed by atoms with van der Waals surface area (Å²) in [7, 11) is -5.76. The Bertz CT molecular complexity index is 3110. The van der Waals surface area contributed by atoms with Gasteiger partial charge in [-0.25, -0.2) is 59.2 Å². The van der Waals surface area contributed by atoms with Crippen molar-refractivity contribution in [3.05, 3.63) is 180 Å². The van der Waals surface area contributed by atoms with Crippen molar-refractivity contribution < 1.29 is 34.8 Å². The summed E-state index contributed by atoms with van der Waals surface area (Å²) in [5.74, 6) is -0.707. The summed E-state index contributed by atoms with van der Waals surface area (Å²) in [5, 5.41) is 7.68. The van der Waals surface area contributed by atoms with Crippen molar-refractivity contribution in [1.29, 1.82) is 0 Å². The van der Waals surface area contributed by atoms with Crippen LogP contribution in [-0.2, 0) is 103 Å². The zero-order valence-electron chi connectivity index (χ0n) is 37.4. The van der Waals surface area contributed by atoms with Crippen LogP contribution >= 0.6 is 10.7 Å². The van der Waals surface area contributed by atoms with Crippen molar-refractivity contribution in [2.45, 2.75) is 94.3 Å². The molecule has 0 saturated carbocycles. The number of hydrogen-bond acceptors (Lipinski definition) is 9. The minimum Gasteiger partial charge on any atom is -0.307 e. The standard InChI is InChI=1S/C21H21N3O3S.C13H13NO.C8H6ClNO2S.C8H8N2O2S/c1-22-17-10-8-14(9-11-17)13-28(26,27)24-21(25)23-20-18-6-2-4-15(18)12-16-5-3-7-19(16)20;15-8-14-13-11-5-1-3-9(11)7-10-4-2-6-12(10)13;2*1-10-8-4-2-7(3-5-8)6-13(9,11)12/h8-12H,2-7,13H2,(H2,23,24,25);7H,1-6H2;2-5H,6H2;2-5H,6H2,(H2,9,11,12). The van der Waals surface area contributed by atoms with Crippen LogP contribution in [0, 0.1) is 19.7 Å². The average Bonchev–Trinajstić information content (AvgIpc) is 4.15. The van der Waals surface area contributed by atoms with Gasteiger partial charge >= 0.3 is 6.03 Å². The van der Waals surface area contributed by atoms with E-state index in [0.29, 0.717) is 33.8 Å². The number of carbonyl (C=O) groups is 1. The Morgan fingerprint density at radius 1 is 0.580 bits per heavy atom. The fourth-order valence-electron chi connectivity index (χ4n) is 8.90. The number of nitrogens with two attached hydrogens (primary N) is 1. The van der Waals surface area contributed by atoms with Crippen LogP contribution in [0.15, 0.2) is 89.9 Å². The van der Waals surface area contributed by atoms with Crippen molar-refractivity contribution in [2.75, 3.05) is 5.32 Å². The highest BCUT2D eigenvalue weighted by atomic mass is 35.7. The molecular weight excluding hydrogens is 958 g/mol. The van der Waals surface area contributed by atoms with Gasteiger partial charge in [0.2, 0.25) is 35.2 Å². The van der Waals surface area contributed by atoms with Crippen LogP contribution in [0.5, 0.6) is 0 Å². The Morgan fingerprint density at radius 2 is 0.942 bits per heavy atom. The topological polar surface area (TPSA) is 212 Å². The number of fused-ring (bicyclic) bond motifs is 4. The molecule has 0 radical (unpaired) electrons. The number of aryl methyl sites for hydroxylation is 4. The number of benzene rings is 5. The summed E-state index contributed by atoms with van der Waals surface area (Å²) >= 11 is 0. The summed E-state index contributed by atoms with van der Waals surface area (Å²) in [4.78, 5) is 36.5. The first kappa shape index (κ1) is 51.7. The van der Waals surface area contributed by atoms with Crippen molar-refractivity contribution in [2.24, 2.45) is 10.1 Å². The predicted molar refractivity (Wildman–Crippen MR) is 267 cm³/mol. The number of amides is 2. The molecule has 356 valence electrons. The van der Waals surface area contributed by atoms with Crippen LogP contribution in [0.25, 0.3) is 14.5 Å². The number of anilines is 1. The van der Waals surface area contributed by atoms with Crippen LogP contribution in [0.1, 0.15) is 86.9 Å². The van der Waals surface area contributed by atoms with Gasteiger partial charge in [0.25, 0.3) is 0 Å². The number of nitrogens with zero attached hydrogens (tertiary/aromatic N) is 4. The minimum absolute atomic E-state index is 0.189. The van der Waals surface area contributed by atoms with Crippen LogP contribution in [-0.4, -0.2) is 37.4 Å². The smallest absolute Gasteiger partial charge is 0.307 e. The molecule has 0 aliphatic heterocycles. The van der Waals surface area contributed by atoms with E-state index in [1.165, 1.54) is 46.2 Å². The summed E-state index contributed by atoms with van der Waals surface area (Å²) in [6.45, 7) is 20.3. The first-order chi connectivity index (χ1) is 32.9. The molecule has 0 saturated heterocycles. The number of urea groups is 1. The summed E-state index contributed by atoms with van der Waals surface area (Å²) < 4.78 is 69.6. The molecule has 0 bridgehead atoms. The molecule has 5 aromatic carbocycles. The monoisotopic (exact) mass is 1010 g/mol. The Morgan fingerprint density at radius 3 is 1.30 bits per heavy atom. The molecule has 19 heteroatoms. The van der Waals surface area contributed by atoms with E-state index in [1.54, 1.807) is 78.9 Å². The number of aliphatic imine (C=N–C) groups is 1. The molecule has 4 aliphatic carbocycles. The fraction of sp³-hybridized carbons (Fsp3) is 0.300.